The number of hydrogen-bond donors (Lipinski definition) is 1. The maximum absolute atomic E-state index is 6.41. The summed E-state index contributed by atoms with van der Waals surface area (Å²) in [5.74, 6) is 2.40. The summed E-state index contributed by atoms with van der Waals surface area (Å²) in [6.07, 6.45) is 9.22. The van der Waals surface area contributed by atoms with Crippen molar-refractivity contribution in [1.82, 2.24) is 0 Å². The van der Waals surface area contributed by atoms with Crippen molar-refractivity contribution in [3.05, 3.63) is 23.8 Å². The first-order chi connectivity index (χ1) is 9.72. The molecule has 0 aliphatic heterocycles. The van der Waals surface area contributed by atoms with Crippen LogP contribution < -0.4 is 15.2 Å². The zero-order valence-electron chi connectivity index (χ0n) is 12.7. The van der Waals surface area contributed by atoms with Gasteiger partial charge in [0.05, 0.1) is 14.2 Å². The highest BCUT2D eigenvalue weighted by molar-refractivity contribution is 5.39. The molecule has 112 valence electrons. The molecule has 0 radical (unpaired) electrons. The monoisotopic (exact) mass is 277 g/mol. The van der Waals surface area contributed by atoms with Crippen LogP contribution in [0.25, 0.3) is 0 Å². The molecule has 3 nitrogen and oxygen atoms in total. The maximum Gasteiger partial charge on any atom is 0.122 e. The summed E-state index contributed by atoms with van der Waals surface area (Å²) in [4.78, 5) is 0. The average molecular weight is 277 g/mol. The highest BCUT2D eigenvalue weighted by Crippen LogP contribution is 2.32. The first kappa shape index (κ1) is 15.2. The van der Waals surface area contributed by atoms with E-state index < -0.39 is 0 Å². The quantitative estimate of drug-likeness (QED) is 0.825. The second-order valence-electron chi connectivity index (χ2n) is 5.85. The summed E-state index contributed by atoms with van der Waals surface area (Å²) in [6, 6.07) is 6.03. The van der Waals surface area contributed by atoms with Gasteiger partial charge in [-0.2, -0.15) is 0 Å². The van der Waals surface area contributed by atoms with Crippen LogP contribution >= 0.6 is 0 Å². The Morgan fingerprint density at radius 2 is 1.55 bits per heavy atom. The minimum absolute atomic E-state index is 0.0714. The number of nitrogens with two attached hydrogens (primary N) is 1. The number of benzene rings is 1. The molecular formula is C17H27NO2. The summed E-state index contributed by atoms with van der Waals surface area (Å²) in [5.41, 5.74) is 7.53. The van der Waals surface area contributed by atoms with E-state index >= 15 is 0 Å². The van der Waals surface area contributed by atoms with Gasteiger partial charge < -0.3 is 15.2 Å². The summed E-state index contributed by atoms with van der Waals surface area (Å²) in [7, 11) is 3.35. The van der Waals surface area contributed by atoms with Gasteiger partial charge in [-0.05, 0) is 30.0 Å². The van der Waals surface area contributed by atoms with Crippen LogP contribution in [-0.2, 0) is 0 Å². The number of methoxy groups -OCH3 is 2. The van der Waals surface area contributed by atoms with Crippen molar-refractivity contribution < 1.29 is 9.47 Å². The Kier molecular flexibility index (Phi) is 5.72. The van der Waals surface area contributed by atoms with Crippen molar-refractivity contribution in [2.45, 2.75) is 51.0 Å². The Morgan fingerprint density at radius 1 is 1.00 bits per heavy atom. The molecule has 2 N–H and O–H groups in total. The van der Waals surface area contributed by atoms with Crippen molar-refractivity contribution in [1.29, 1.82) is 0 Å². The van der Waals surface area contributed by atoms with E-state index in [0.29, 0.717) is 0 Å². The van der Waals surface area contributed by atoms with E-state index in [9.17, 15) is 0 Å². The Bertz CT molecular complexity index is 389. The first-order valence-corrected chi connectivity index (χ1v) is 7.71. The zero-order valence-corrected chi connectivity index (χ0v) is 12.7. The molecule has 1 aliphatic carbocycles. The van der Waals surface area contributed by atoms with Gasteiger partial charge in [-0.3, -0.25) is 0 Å². The predicted molar refractivity (Wildman–Crippen MR) is 82.3 cm³/mol. The molecular weight excluding hydrogens is 250 g/mol. The van der Waals surface area contributed by atoms with Crippen LogP contribution in [0.2, 0.25) is 0 Å². The van der Waals surface area contributed by atoms with Crippen molar-refractivity contribution in [3.63, 3.8) is 0 Å². The van der Waals surface area contributed by atoms with Crippen LogP contribution in [-0.4, -0.2) is 14.2 Å². The average Bonchev–Trinajstić information content (AvgIpc) is 2.75. The fourth-order valence-corrected chi connectivity index (χ4v) is 3.14. The van der Waals surface area contributed by atoms with Gasteiger partial charge in [0.2, 0.25) is 0 Å². The van der Waals surface area contributed by atoms with E-state index in [-0.39, 0.29) is 6.04 Å². The third-order valence-electron chi connectivity index (χ3n) is 4.36. The van der Waals surface area contributed by atoms with Crippen LogP contribution in [0, 0.1) is 5.92 Å². The number of hydrogen-bond acceptors (Lipinski definition) is 3. The van der Waals surface area contributed by atoms with Crippen LogP contribution in [0.1, 0.15) is 56.6 Å². The third kappa shape index (κ3) is 4.14. The molecule has 1 aromatic carbocycles. The van der Waals surface area contributed by atoms with Gasteiger partial charge >= 0.3 is 0 Å². The maximum atomic E-state index is 6.41. The number of ether oxygens (including phenoxy) is 2. The van der Waals surface area contributed by atoms with E-state index in [0.717, 1.165) is 29.4 Å². The summed E-state index contributed by atoms with van der Waals surface area (Å²) in [5, 5.41) is 0. The minimum Gasteiger partial charge on any atom is -0.497 e. The van der Waals surface area contributed by atoms with E-state index in [1.54, 1.807) is 14.2 Å². The molecule has 0 aromatic heterocycles. The van der Waals surface area contributed by atoms with Crippen molar-refractivity contribution in [2.24, 2.45) is 11.7 Å². The lowest BCUT2D eigenvalue weighted by Crippen LogP contribution is -2.15. The first-order valence-electron chi connectivity index (χ1n) is 7.71. The molecule has 0 spiro atoms. The lowest BCUT2D eigenvalue weighted by molar-refractivity contribution is 0.381. The Balaban J connectivity index is 2.05. The Labute approximate surface area is 122 Å². The van der Waals surface area contributed by atoms with Gasteiger partial charge in [-0.1, -0.05) is 38.5 Å². The van der Waals surface area contributed by atoms with Crippen LogP contribution in [0.5, 0.6) is 11.5 Å². The lowest BCUT2D eigenvalue weighted by Gasteiger charge is -2.20. The predicted octanol–water partition coefficient (Wildman–Crippen LogP) is 4.06. The molecule has 2 rings (SSSR count). The Hall–Kier alpha value is -1.22. The highest BCUT2D eigenvalue weighted by Gasteiger charge is 2.18. The van der Waals surface area contributed by atoms with Gasteiger partial charge in [0.15, 0.2) is 0 Å². The topological polar surface area (TPSA) is 44.5 Å². The standard InChI is InChI=1S/C17H27NO2/c1-19-15-10-14(11-16(12-15)20-2)17(18)9-13-7-5-3-4-6-8-13/h10-13,17H,3-9,18H2,1-2H3. The van der Waals surface area contributed by atoms with E-state index in [1.807, 2.05) is 18.2 Å². The van der Waals surface area contributed by atoms with Gasteiger partial charge in [0.25, 0.3) is 0 Å². The largest absolute Gasteiger partial charge is 0.497 e. The molecule has 20 heavy (non-hydrogen) atoms. The van der Waals surface area contributed by atoms with Crippen LogP contribution in [0.3, 0.4) is 0 Å². The molecule has 1 atom stereocenters. The molecule has 1 aliphatic rings. The van der Waals surface area contributed by atoms with Gasteiger partial charge in [-0.15, -0.1) is 0 Å². The van der Waals surface area contributed by atoms with Crippen molar-refractivity contribution >= 4 is 0 Å². The summed E-state index contributed by atoms with van der Waals surface area (Å²) >= 11 is 0. The normalized spacial score (nSPS) is 18.4. The second kappa shape index (κ2) is 7.53. The SMILES string of the molecule is COc1cc(OC)cc(C(N)CC2CCCCCC2)c1. The molecule has 0 amide bonds. The molecule has 0 saturated heterocycles. The fraction of sp³-hybridized carbons (Fsp3) is 0.647. The lowest BCUT2D eigenvalue weighted by atomic mass is 9.90. The van der Waals surface area contributed by atoms with E-state index in [4.69, 9.17) is 15.2 Å². The smallest absolute Gasteiger partial charge is 0.122 e. The van der Waals surface area contributed by atoms with E-state index in [2.05, 4.69) is 0 Å². The molecule has 1 saturated carbocycles. The van der Waals surface area contributed by atoms with E-state index in [1.165, 1.54) is 38.5 Å². The van der Waals surface area contributed by atoms with Gasteiger partial charge in [0, 0.05) is 12.1 Å². The Morgan fingerprint density at radius 3 is 2.05 bits per heavy atom. The van der Waals surface area contributed by atoms with Gasteiger partial charge in [-0.25, -0.2) is 0 Å². The van der Waals surface area contributed by atoms with Crippen LogP contribution in [0.4, 0.5) is 0 Å². The fourth-order valence-electron chi connectivity index (χ4n) is 3.14. The van der Waals surface area contributed by atoms with Crippen molar-refractivity contribution in [3.8, 4) is 11.5 Å². The number of rotatable bonds is 5. The summed E-state index contributed by atoms with van der Waals surface area (Å²) < 4.78 is 10.6. The molecule has 0 heterocycles. The highest BCUT2D eigenvalue weighted by atomic mass is 16.5. The summed E-state index contributed by atoms with van der Waals surface area (Å²) in [6.45, 7) is 0. The third-order valence-corrected chi connectivity index (χ3v) is 4.36. The molecule has 1 aromatic rings. The molecule has 1 fully saturated rings. The molecule has 0 bridgehead atoms. The van der Waals surface area contributed by atoms with Crippen LogP contribution in [0.15, 0.2) is 18.2 Å². The van der Waals surface area contributed by atoms with Crippen molar-refractivity contribution in [2.75, 3.05) is 14.2 Å². The molecule has 1 unspecified atom stereocenters. The zero-order chi connectivity index (χ0) is 14.4. The second-order valence-corrected chi connectivity index (χ2v) is 5.85. The minimum atomic E-state index is 0.0714. The molecule has 3 heteroatoms. The van der Waals surface area contributed by atoms with Gasteiger partial charge in [0.1, 0.15) is 11.5 Å².